The van der Waals surface area contributed by atoms with Gasteiger partial charge in [-0.2, -0.15) is 0 Å². The Morgan fingerprint density at radius 2 is 2.06 bits per heavy atom. The monoisotopic (exact) mass is 220 g/mol. The molecule has 0 atom stereocenters. The minimum absolute atomic E-state index is 0.274. The molecule has 0 amide bonds. The standard InChI is InChI=1S/C13H17FN2/c1-10(15)13-11(5-4-6-12(13)14)9-16-7-2-3-8-16/h4-6H,1-3,7-9,15H2. The van der Waals surface area contributed by atoms with Gasteiger partial charge in [0, 0.05) is 17.8 Å². The van der Waals surface area contributed by atoms with Gasteiger partial charge in [-0.3, -0.25) is 4.90 Å². The molecule has 1 heterocycles. The molecule has 0 bridgehead atoms. The Morgan fingerprint density at radius 1 is 1.38 bits per heavy atom. The second kappa shape index (κ2) is 4.66. The van der Waals surface area contributed by atoms with E-state index in [0.29, 0.717) is 11.3 Å². The summed E-state index contributed by atoms with van der Waals surface area (Å²) in [5.41, 5.74) is 7.37. The Morgan fingerprint density at radius 3 is 2.69 bits per heavy atom. The highest BCUT2D eigenvalue weighted by Gasteiger charge is 2.15. The van der Waals surface area contributed by atoms with Crippen molar-refractivity contribution < 1.29 is 4.39 Å². The molecule has 1 fully saturated rings. The van der Waals surface area contributed by atoms with Crippen molar-refractivity contribution >= 4 is 5.70 Å². The fourth-order valence-electron chi connectivity index (χ4n) is 2.24. The van der Waals surface area contributed by atoms with E-state index in [2.05, 4.69) is 11.5 Å². The maximum absolute atomic E-state index is 13.6. The minimum atomic E-state index is -0.274. The van der Waals surface area contributed by atoms with Crippen molar-refractivity contribution in [3.05, 3.63) is 41.7 Å². The number of benzene rings is 1. The van der Waals surface area contributed by atoms with Crippen molar-refractivity contribution in [1.82, 2.24) is 4.90 Å². The van der Waals surface area contributed by atoms with Gasteiger partial charge in [0.1, 0.15) is 5.82 Å². The predicted molar refractivity (Wildman–Crippen MR) is 64.1 cm³/mol. The lowest BCUT2D eigenvalue weighted by molar-refractivity contribution is 0.330. The van der Waals surface area contributed by atoms with Crippen molar-refractivity contribution in [3.63, 3.8) is 0 Å². The highest BCUT2D eigenvalue weighted by atomic mass is 19.1. The van der Waals surface area contributed by atoms with Gasteiger partial charge in [0.2, 0.25) is 0 Å². The quantitative estimate of drug-likeness (QED) is 0.847. The number of rotatable bonds is 3. The Bertz CT molecular complexity index is 395. The number of likely N-dealkylation sites (tertiary alicyclic amines) is 1. The summed E-state index contributed by atoms with van der Waals surface area (Å²) in [6, 6.07) is 5.09. The average molecular weight is 220 g/mol. The summed E-state index contributed by atoms with van der Waals surface area (Å²) in [7, 11) is 0. The van der Waals surface area contributed by atoms with E-state index in [1.807, 2.05) is 6.07 Å². The van der Waals surface area contributed by atoms with E-state index in [0.717, 1.165) is 25.2 Å². The number of nitrogens with two attached hydrogens (primary N) is 1. The molecule has 0 saturated carbocycles. The fraction of sp³-hybridized carbons (Fsp3) is 0.385. The number of hydrogen-bond donors (Lipinski definition) is 1. The number of nitrogens with zero attached hydrogens (tertiary/aromatic N) is 1. The molecule has 3 heteroatoms. The molecule has 0 aliphatic carbocycles. The fourth-order valence-corrected chi connectivity index (χ4v) is 2.24. The molecule has 2 nitrogen and oxygen atoms in total. The van der Waals surface area contributed by atoms with Crippen LogP contribution in [0.25, 0.3) is 5.70 Å². The van der Waals surface area contributed by atoms with E-state index in [1.54, 1.807) is 6.07 Å². The predicted octanol–water partition coefficient (Wildman–Crippen LogP) is 2.35. The van der Waals surface area contributed by atoms with E-state index in [-0.39, 0.29) is 5.82 Å². The molecular weight excluding hydrogens is 203 g/mol. The molecule has 1 aliphatic heterocycles. The van der Waals surface area contributed by atoms with Crippen LogP contribution in [0.2, 0.25) is 0 Å². The Hall–Kier alpha value is -1.35. The molecule has 0 unspecified atom stereocenters. The first-order valence-electron chi connectivity index (χ1n) is 5.63. The molecule has 2 rings (SSSR count). The first-order chi connectivity index (χ1) is 7.68. The average Bonchev–Trinajstić information content (AvgIpc) is 2.70. The van der Waals surface area contributed by atoms with Gasteiger partial charge in [-0.15, -0.1) is 0 Å². The van der Waals surface area contributed by atoms with Crippen LogP contribution in [0.5, 0.6) is 0 Å². The van der Waals surface area contributed by atoms with Crippen molar-refractivity contribution in [1.29, 1.82) is 0 Å². The summed E-state index contributed by atoms with van der Waals surface area (Å²) < 4.78 is 13.6. The van der Waals surface area contributed by atoms with Crippen molar-refractivity contribution in [2.24, 2.45) is 5.73 Å². The van der Waals surface area contributed by atoms with Crippen LogP contribution in [0.4, 0.5) is 4.39 Å². The van der Waals surface area contributed by atoms with Gasteiger partial charge in [0.05, 0.1) is 0 Å². The van der Waals surface area contributed by atoms with Crippen LogP contribution in [0.1, 0.15) is 24.0 Å². The molecule has 1 saturated heterocycles. The molecule has 0 aromatic heterocycles. The highest BCUT2D eigenvalue weighted by molar-refractivity contribution is 5.64. The van der Waals surface area contributed by atoms with Gasteiger partial charge < -0.3 is 5.73 Å². The second-order valence-electron chi connectivity index (χ2n) is 4.28. The lowest BCUT2D eigenvalue weighted by Crippen LogP contribution is -2.20. The van der Waals surface area contributed by atoms with E-state index in [1.165, 1.54) is 18.9 Å². The summed E-state index contributed by atoms with van der Waals surface area (Å²) in [6.07, 6.45) is 2.46. The van der Waals surface area contributed by atoms with Gasteiger partial charge in [0.15, 0.2) is 0 Å². The molecular formula is C13H17FN2. The molecule has 0 radical (unpaired) electrons. The van der Waals surface area contributed by atoms with Gasteiger partial charge in [0.25, 0.3) is 0 Å². The van der Waals surface area contributed by atoms with Crippen molar-refractivity contribution in [2.75, 3.05) is 13.1 Å². The minimum Gasteiger partial charge on any atom is -0.399 e. The smallest absolute Gasteiger partial charge is 0.132 e. The summed E-state index contributed by atoms with van der Waals surface area (Å²) >= 11 is 0. The summed E-state index contributed by atoms with van der Waals surface area (Å²) in [6.45, 7) is 6.59. The maximum atomic E-state index is 13.6. The van der Waals surface area contributed by atoms with E-state index in [9.17, 15) is 4.39 Å². The summed E-state index contributed by atoms with van der Waals surface area (Å²) in [4.78, 5) is 2.32. The largest absolute Gasteiger partial charge is 0.399 e. The van der Waals surface area contributed by atoms with Crippen LogP contribution in [0.3, 0.4) is 0 Å². The zero-order valence-corrected chi connectivity index (χ0v) is 9.38. The molecule has 16 heavy (non-hydrogen) atoms. The van der Waals surface area contributed by atoms with Crippen LogP contribution in [0.15, 0.2) is 24.8 Å². The number of hydrogen-bond acceptors (Lipinski definition) is 2. The Labute approximate surface area is 95.6 Å². The van der Waals surface area contributed by atoms with Crippen LogP contribution in [-0.4, -0.2) is 18.0 Å². The molecule has 1 aromatic rings. The van der Waals surface area contributed by atoms with E-state index >= 15 is 0 Å². The Kier molecular flexibility index (Phi) is 3.25. The number of halogens is 1. The third-order valence-electron chi connectivity index (χ3n) is 3.01. The third kappa shape index (κ3) is 2.25. The molecule has 2 N–H and O–H groups in total. The third-order valence-corrected chi connectivity index (χ3v) is 3.01. The second-order valence-corrected chi connectivity index (χ2v) is 4.28. The topological polar surface area (TPSA) is 29.3 Å². The van der Waals surface area contributed by atoms with Gasteiger partial charge in [-0.1, -0.05) is 18.7 Å². The zero-order chi connectivity index (χ0) is 11.5. The highest BCUT2D eigenvalue weighted by Crippen LogP contribution is 2.21. The van der Waals surface area contributed by atoms with Crippen molar-refractivity contribution in [2.45, 2.75) is 19.4 Å². The first kappa shape index (κ1) is 11.1. The summed E-state index contributed by atoms with van der Waals surface area (Å²) in [5.74, 6) is -0.274. The molecule has 0 spiro atoms. The zero-order valence-electron chi connectivity index (χ0n) is 9.38. The summed E-state index contributed by atoms with van der Waals surface area (Å²) in [5, 5.41) is 0. The SMILES string of the molecule is C=C(N)c1c(F)cccc1CN1CCCC1. The molecule has 86 valence electrons. The lowest BCUT2D eigenvalue weighted by Gasteiger charge is -2.17. The van der Waals surface area contributed by atoms with Crippen molar-refractivity contribution in [3.8, 4) is 0 Å². The van der Waals surface area contributed by atoms with E-state index < -0.39 is 0 Å². The van der Waals surface area contributed by atoms with E-state index in [4.69, 9.17) is 5.73 Å². The Balaban J connectivity index is 2.25. The van der Waals surface area contributed by atoms with Gasteiger partial charge in [-0.25, -0.2) is 4.39 Å². The normalized spacial score (nSPS) is 16.6. The van der Waals surface area contributed by atoms with Crippen LogP contribution in [-0.2, 0) is 6.54 Å². The molecule has 1 aromatic carbocycles. The van der Waals surface area contributed by atoms with Gasteiger partial charge >= 0.3 is 0 Å². The molecule has 1 aliphatic rings. The van der Waals surface area contributed by atoms with Crippen LogP contribution >= 0.6 is 0 Å². The van der Waals surface area contributed by atoms with Gasteiger partial charge in [-0.05, 0) is 37.6 Å². The van der Waals surface area contributed by atoms with Crippen LogP contribution < -0.4 is 5.73 Å². The first-order valence-corrected chi connectivity index (χ1v) is 5.63. The van der Waals surface area contributed by atoms with Crippen LogP contribution in [0, 0.1) is 5.82 Å². The lowest BCUT2D eigenvalue weighted by atomic mass is 10.0. The maximum Gasteiger partial charge on any atom is 0.132 e.